The second-order valence-electron chi connectivity index (χ2n) is 13.6. The van der Waals surface area contributed by atoms with Crippen LogP contribution in [-0.2, 0) is 33.7 Å². The van der Waals surface area contributed by atoms with Crippen LogP contribution in [0.25, 0.3) is 0 Å². The molecule has 2 N–H and O–H groups in total. The third kappa shape index (κ3) is 10.7. The Hall–Kier alpha value is -4.12. The van der Waals surface area contributed by atoms with Gasteiger partial charge in [0.15, 0.2) is 12.2 Å². The predicted molar refractivity (Wildman–Crippen MR) is 185 cm³/mol. The van der Waals surface area contributed by atoms with Crippen molar-refractivity contribution in [2.24, 2.45) is 0 Å². The van der Waals surface area contributed by atoms with Gasteiger partial charge in [-0.2, -0.15) is 0 Å². The van der Waals surface area contributed by atoms with E-state index < -0.39 is 30.1 Å². The highest BCUT2D eigenvalue weighted by Crippen LogP contribution is 2.23. The Morgan fingerprint density at radius 2 is 1.52 bits per heavy atom. The summed E-state index contributed by atoms with van der Waals surface area (Å²) in [5.74, 6) is 0.764. The van der Waals surface area contributed by atoms with Crippen LogP contribution in [0.3, 0.4) is 0 Å². The number of benzene rings is 3. The van der Waals surface area contributed by atoms with Crippen molar-refractivity contribution in [3.8, 4) is 5.75 Å². The Kier molecular flexibility index (Phi) is 12.3. The Morgan fingerprint density at radius 1 is 0.854 bits per heavy atom. The smallest absolute Gasteiger partial charge is 0.497 e. The molecule has 5 rings (SSSR count). The Morgan fingerprint density at radius 3 is 2.17 bits per heavy atom. The lowest BCUT2D eigenvalue weighted by atomic mass is 10.0. The van der Waals surface area contributed by atoms with E-state index in [1.807, 2.05) is 36.4 Å². The van der Waals surface area contributed by atoms with E-state index >= 15 is 0 Å². The number of methoxy groups -OCH3 is 1. The van der Waals surface area contributed by atoms with Gasteiger partial charge in [0.25, 0.3) is 0 Å². The van der Waals surface area contributed by atoms with E-state index in [1.165, 1.54) is 11.1 Å². The molecule has 48 heavy (non-hydrogen) atoms. The van der Waals surface area contributed by atoms with Gasteiger partial charge >= 0.3 is 12.2 Å². The molecule has 3 aromatic rings. The van der Waals surface area contributed by atoms with Crippen LogP contribution in [0.2, 0.25) is 0 Å². The van der Waals surface area contributed by atoms with Crippen LogP contribution in [0.4, 0.5) is 9.59 Å². The highest BCUT2D eigenvalue weighted by Gasteiger charge is 2.42. The van der Waals surface area contributed by atoms with Crippen LogP contribution in [-0.4, -0.2) is 91.8 Å². The van der Waals surface area contributed by atoms with E-state index in [1.54, 1.807) is 27.9 Å². The highest BCUT2D eigenvalue weighted by atomic mass is 16.7. The zero-order chi connectivity index (χ0) is 33.9. The third-order valence-corrected chi connectivity index (χ3v) is 8.75. The number of carbonyl (C=O) groups is 2. The molecular weight excluding hydrogens is 608 g/mol. The zero-order valence-electron chi connectivity index (χ0n) is 28.6. The van der Waals surface area contributed by atoms with Gasteiger partial charge in [-0.05, 0) is 62.4 Å². The third-order valence-electron chi connectivity index (χ3n) is 8.75. The molecule has 3 aromatic carbocycles. The molecule has 0 aromatic heterocycles. The molecule has 4 atom stereocenters. The normalized spacial score (nSPS) is 21.8. The number of ether oxygens (including phenoxy) is 4. The number of nitrogens with zero attached hydrogens (tertiary/aromatic N) is 2. The molecule has 1 amide bonds. The quantitative estimate of drug-likeness (QED) is 0.248. The van der Waals surface area contributed by atoms with E-state index in [-0.39, 0.29) is 12.1 Å². The van der Waals surface area contributed by atoms with E-state index in [9.17, 15) is 9.59 Å². The van der Waals surface area contributed by atoms with Crippen LogP contribution < -0.4 is 15.4 Å². The molecule has 2 aliphatic heterocycles. The van der Waals surface area contributed by atoms with Crippen LogP contribution in [0.15, 0.2) is 84.9 Å². The van der Waals surface area contributed by atoms with Crippen molar-refractivity contribution >= 4 is 12.2 Å². The summed E-state index contributed by atoms with van der Waals surface area (Å²) >= 11 is 0. The summed E-state index contributed by atoms with van der Waals surface area (Å²) in [6, 6.07) is 28.8. The van der Waals surface area contributed by atoms with Gasteiger partial charge in [-0.15, -0.1) is 0 Å². The second-order valence-corrected chi connectivity index (χ2v) is 13.6. The summed E-state index contributed by atoms with van der Waals surface area (Å²) in [5, 5.41) is 6.38. The van der Waals surface area contributed by atoms with Crippen molar-refractivity contribution in [2.45, 2.75) is 76.6 Å². The maximum absolute atomic E-state index is 13.3. The van der Waals surface area contributed by atoms with Crippen molar-refractivity contribution < 1.29 is 28.5 Å². The first-order valence-corrected chi connectivity index (χ1v) is 16.9. The minimum atomic E-state index is -0.788. The molecule has 0 saturated carbocycles. The fourth-order valence-corrected chi connectivity index (χ4v) is 6.38. The minimum absolute atomic E-state index is 0.252. The predicted octanol–water partition coefficient (Wildman–Crippen LogP) is 5.40. The number of hydrogen-bond acceptors (Lipinski definition) is 9. The lowest BCUT2D eigenvalue weighted by Crippen LogP contribution is -2.53. The average molecular weight is 659 g/mol. The van der Waals surface area contributed by atoms with E-state index in [0.717, 1.165) is 50.5 Å². The van der Waals surface area contributed by atoms with Crippen LogP contribution in [0, 0.1) is 0 Å². The van der Waals surface area contributed by atoms with Crippen molar-refractivity contribution in [2.75, 3.05) is 39.8 Å². The number of amides is 1. The van der Waals surface area contributed by atoms with Crippen LogP contribution in [0.1, 0.15) is 43.9 Å². The Bertz CT molecular complexity index is 1430. The molecule has 10 nitrogen and oxygen atoms in total. The highest BCUT2D eigenvalue weighted by molar-refractivity contribution is 5.67. The lowest BCUT2D eigenvalue weighted by molar-refractivity contribution is -0.0518. The molecule has 2 saturated heterocycles. The molecule has 0 bridgehead atoms. The second kappa shape index (κ2) is 16.8. The number of hydrogen-bond donors (Lipinski definition) is 2. The fourth-order valence-electron chi connectivity index (χ4n) is 6.38. The molecule has 0 aliphatic carbocycles. The molecule has 0 spiro atoms. The first-order valence-electron chi connectivity index (χ1n) is 16.9. The maximum Gasteiger partial charge on any atom is 0.509 e. The van der Waals surface area contributed by atoms with Gasteiger partial charge in [-0.1, -0.05) is 72.8 Å². The molecular formula is C38H50N4O6. The summed E-state index contributed by atoms with van der Waals surface area (Å²) in [6.45, 7) is 10.7. The number of nitrogens with one attached hydrogen (secondary N) is 2. The first kappa shape index (κ1) is 35.2. The zero-order valence-corrected chi connectivity index (χ0v) is 28.6. The molecule has 10 heteroatoms. The first-order chi connectivity index (χ1) is 23.1. The molecule has 0 unspecified atom stereocenters. The van der Waals surface area contributed by atoms with Gasteiger partial charge in [0.2, 0.25) is 0 Å². The molecule has 2 fully saturated rings. The van der Waals surface area contributed by atoms with E-state index in [0.29, 0.717) is 19.5 Å². The van der Waals surface area contributed by atoms with Crippen molar-refractivity contribution in [3.63, 3.8) is 0 Å². The van der Waals surface area contributed by atoms with Crippen molar-refractivity contribution in [1.29, 1.82) is 0 Å². The van der Waals surface area contributed by atoms with E-state index in [2.05, 4.69) is 69.0 Å². The SMILES string of the molecule is COc1ccc(C[C@H]2NC[C@H](OC(=O)OC(C)(C)C)[C@H]2OC(=O)NCC[C@H]2CN(Cc3ccccc3)CCN2Cc2ccccc2)cc1. The Balaban J connectivity index is 1.20. The number of rotatable bonds is 12. The van der Waals surface area contributed by atoms with Gasteiger partial charge in [0, 0.05) is 51.9 Å². The number of carbonyl (C=O) groups excluding carboxylic acids is 2. The summed E-state index contributed by atoms with van der Waals surface area (Å²) in [7, 11) is 1.63. The number of piperazine rings is 1. The molecule has 0 radical (unpaired) electrons. The van der Waals surface area contributed by atoms with Gasteiger partial charge in [-0.25, -0.2) is 9.59 Å². The summed E-state index contributed by atoms with van der Waals surface area (Å²) in [5.41, 5.74) is 2.91. The molecule has 2 heterocycles. The topological polar surface area (TPSA) is 102 Å². The summed E-state index contributed by atoms with van der Waals surface area (Å²) in [6.07, 6.45) is -1.38. The van der Waals surface area contributed by atoms with Gasteiger partial charge < -0.3 is 29.6 Å². The van der Waals surface area contributed by atoms with Crippen molar-refractivity contribution in [1.82, 2.24) is 20.4 Å². The van der Waals surface area contributed by atoms with Crippen LogP contribution in [0.5, 0.6) is 5.75 Å². The lowest BCUT2D eigenvalue weighted by Gasteiger charge is -2.41. The molecule has 2 aliphatic rings. The average Bonchev–Trinajstić information content (AvgIpc) is 3.42. The monoisotopic (exact) mass is 658 g/mol. The van der Waals surface area contributed by atoms with E-state index in [4.69, 9.17) is 18.9 Å². The standard InChI is InChI=1S/C38H50N4O6/c1-38(2,3)48-37(44)46-34-24-40-33(23-28-15-17-32(45-4)18-16-28)35(34)47-36(43)39-20-19-31-27-41(25-29-11-7-5-8-12-29)21-22-42(31)26-30-13-9-6-10-14-30/h5-18,31,33-35,40H,19-27H2,1-4H3,(H,39,43)/t31-,33+,34-,35-/m0/s1. The maximum atomic E-state index is 13.3. The van der Waals surface area contributed by atoms with Gasteiger partial charge in [0.1, 0.15) is 11.4 Å². The number of alkyl carbamates (subject to hydrolysis) is 1. The van der Waals surface area contributed by atoms with Gasteiger partial charge in [-0.3, -0.25) is 9.80 Å². The van der Waals surface area contributed by atoms with Crippen molar-refractivity contribution in [3.05, 3.63) is 102 Å². The Labute approximate surface area is 284 Å². The minimum Gasteiger partial charge on any atom is -0.497 e. The summed E-state index contributed by atoms with van der Waals surface area (Å²) in [4.78, 5) is 30.9. The largest absolute Gasteiger partial charge is 0.509 e. The van der Waals surface area contributed by atoms with Gasteiger partial charge in [0.05, 0.1) is 13.2 Å². The summed E-state index contributed by atoms with van der Waals surface area (Å²) < 4.78 is 22.4. The fraction of sp³-hybridized carbons (Fsp3) is 0.474. The molecule has 258 valence electrons. The van der Waals surface area contributed by atoms with Crippen LogP contribution >= 0.6 is 0 Å².